The molecule has 0 aromatic rings. The van der Waals surface area contributed by atoms with Gasteiger partial charge in [-0.3, -0.25) is 4.90 Å². The highest BCUT2D eigenvalue weighted by atomic mass is 15.3. The third-order valence-electron chi connectivity index (χ3n) is 3.86. The summed E-state index contributed by atoms with van der Waals surface area (Å²) in [5, 5.41) is 3.55. The fourth-order valence-electron chi connectivity index (χ4n) is 2.63. The van der Waals surface area contributed by atoms with E-state index in [4.69, 9.17) is 0 Å². The molecular weight excluding hydrogens is 222 g/mol. The van der Waals surface area contributed by atoms with E-state index in [1.165, 1.54) is 45.6 Å². The Morgan fingerprint density at radius 1 is 1.06 bits per heavy atom. The molecule has 1 fully saturated rings. The van der Waals surface area contributed by atoms with Crippen LogP contribution >= 0.6 is 0 Å². The number of hydrogen-bond acceptors (Lipinski definition) is 3. The number of rotatable bonds is 8. The van der Waals surface area contributed by atoms with E-state index >= 15 is 0 Å². The van der Waals surface area contributed by atoms with Gasteiger partial charge in [-0.1, -0.05) is 20.8 Å². The summed E-state index contributed by atoms with van der Waals surface area (Å²) in [7, 11) is 0. The van der Waals surface area contributed by atoms with Crippen molar-refractivity contribution in [2.75, 3.05) is 45.8 Å². The normalized spacial score (nSPS) is 20.5. The second-order valence-corrected chi connectivity index (χ2v) is 6.11. The smallest absolute Gasteiger partial charge is 0.0113 e. The second-order valence-electron chi connectivity index (χ2n) is 6.11. The van der Waals surface area contributed by atoms with Gasteiger partial charge >= 0.3 is 0 Å². The Bertz CT molecular complexity index is 198. The Morgan fingerprint density at radius 3 is 2.28 bits per heavy atom. The topological polar surface area (TPSA) is 18.5 Å². The van der Waals surface area contributed by atoms with Gasteiger partial charge in [0.2, 0.25) is 0 Å². The van der Waals surface area contributed by atoms with Crippen LogP contribution in [-0.2, 0) is 0 Å². The van der Waals surface area contributed by atoms with Gasteiger partial charge in [0.15, 0.2) is 0 Å². The van der Waals surface area contributed by atoms with Gasteiger partial charge in [0.25, 0.3) is 0 Å². The number of nitrogens with zero attached hydrogens (tertiary/aromatic N) is 2. The fraction of sp³-hybridized carbons (Fsp3) is 1.00. The van der Waals surface area contributed by atoms with Crippen molar-refractivity contribution in [3.05, 3.63) is 0 Å². The van der Waals surface area contributed by atoms with Crippen LogP contribution in [0.1, 0.15) is 40.5 Å². The Labute approximate surface area is 114 Å². The third-order valence-corrected chi connectivity index (χ3v) is 3.86. The predicted molar refractivity (Wildman–Crippen MR) is 80.1 cm³/mol. The zero-order chi connectivity index (χ0) is 13.4. The maximum Gasteiger partial charge on any atom is 0.0113 e. The summed E-state index contributed by atoms with van der Waals surface area (Å²) in [6, 6.07) is 0.730. The maximum absolute atomic E-state index is 3.55. The van der Waals surface area contributed by atoms with Crippen molar-refractivity contribution in [3.8, 4) is 0 Å². The number of hydrogen-bond donors (Lipinski definition) is 1. The highest BCUT2D eigenvalue weighted by Crippen LogP contribution is 2.09. The molecule has 1 aliphatic heterocycles. The van der Waals surface area contributed by atoms with Crippen LogP contribution < -0.4 is 5.32 Å². The molecule has 1 aliphatic rings. The molecule has 1 saturated heterocycles. The molecule has 0 aromatic carbocycles. The van der Waals surface area contributed by atoms with Crippen molar-refractivity contribution < 1.29 is 0 Å². The van der Waals surface area contributed by atoms with Gasteiger partial charge in [-0.15, -0.1) is 0 Å². The summed E-state index contributed by atoms with van der Waals surface area (Å²) in [6.07, 6.45) is 2.56. The summed E-state index contributed by atoms with van der Waals surface area (Å²) < 4.78 is 0. The van der Waals surface area contributed by atoms with E-state index in [1.54, 1.807) is 0 Å². The summed E-state index contributed by atoms with van der Waals surface area (Å²) in [4.78, 5) is 5.25. The number of piperazine rings is 1. The first-order valence-corrected chi connectivity index (χ1v) is 7.80. The van der Waals surface area contributed by atoms with Gasteiger partial charge < -0.3 is 10.2 Å². The minimum atomic E-state index is 0.730. The highest BCUT2D eigenvalue weighted by molar-refractivity contribution is 4.76. The SMILES string of the molecule is CCCN1CCN(C(C)CCNCC(C)C)CC1. The lowest BCUT2D eigenvalue weighted by atomic mass is 10.1. The van der Waals surface area contributed by atoms with Crippen molar-refractivity contribution in [1.29, 1.82) is 0 Å². The fourth-order valence-corrected chi connectivity index (χ4v) is 2.63. The molecule has 0 saturated carbocycles. The molecule has 3 nitrogen and oxygen atoms in total. The van der Waals surface area contributed by atoms with Crippen molar-refractivity contribution in [2.24, 2.45) is 5.92 Å². The average Bonchev–Trinajstić information content (AvgIpc) is 2.35. The van der Waals surface area contributed by atoms with Crippen molar-refractivity contribution in [3.63, 3.8) is 0 Å². The first kappa shape index (κ1) is 15.9. The molecule has 3 heteroatoms. The lowest BCUT2D eigenvalue weighted by molar-refractivity contribution is 0.0988. The van der Waals surface area contributed by atoms with E-state index in [9.17, 15) is 0 Å². The molecule has 0 aromatic heterocycles. The summed E-state index contributed by atoms with van der Waals surface area (Å²) >= 11 is 0. The van der Waals surface area contributed by atoms with Crippen LogP contribution in [0, 0.1) is 5.92 Å². The van der Waals surface area contributed by atoms with Crippen LogP contribution in [0.2, 0.25) is 0 Å². The predicted octanol–water partition coefficient (Wildman–Crippen LogP) is 2.04. The summed E-state index contributed by atoms with van der Waals surface area (Å²) in [5.41, 5.74) is 0. The standard InChI is InChI=1S/C15H33N3/c1-5-8-17-9-11-18(12-10-17)15(4)6-7-16-13-14(2)3/h14-16H,5-13H2,1-4H3. The Kier molecular flexibility index (Phi) is 7.87. The molecule has 0 radical (unpaired) electrons. The van der Waals surface area contributed by atoms with E-state index in [1.807, 2.05) is 0 Å². The van der Waals surface area contributed by atoms with Crippen LogP contribution in [0.5, 0.6) is 0 Å². The van der Waals surface area contributed by atoms with Crippen LogP contribution in [0.15, 0.2) is 0 Å². The Morgan fingerprint density at radius 2 is 1.72 bits per heavy atom. The molecule has 1 rings (SSSR count). The van der Waals surface area contributed by atoms with Crippen LogP contribution in [0.25, 0.3) is 0 Å². The minimum Gasteiger partial charge on any atom is -0.316 e. The van der Waals surface area contributed by atoms with Gasteiger partial charge in [0.05, 0.1) is 0 Å². The second kappa shape index (κ2) is 8.89. The van der Waals surface area contributed by atoms with Crippen molar-refractivity contribution >= 4 is 0 Å². The minimum absolute atomic E-state index is 0.730. The van der Waals surface area contributed by atoms with Gasteiger partial charge in [0, 0.05) is 32.2 Å². The summed E-state index contributed by atoms with van der Waals surface area (Å²) in [6.45, 7) is 17.8. The van der Waals surface area contributed by atoms with Gasteiger partial charge in [0.1, 0.15) is 0 Å². The van der Waals surface area contributed by atoms with E-state index in [0.717, 1.165) is 25.0 Å². The first-order chi connectivity index (χ1) is 8.63. The van der Waals surface area contributed by atoms with Crippen LogP contribution in [0.4, 0.5) is 0 Å². The molecule has 1 atom stereocenters. The monoisotopic (exact) mass is 255 g/mol. The van der Waals surface area contributed by atoms with Crippen molar-refractivity contribution in [2.45, 2.75) is 46.6 Å². The summed E-state index contributed by atoms with van der Waals surface area (Å²) in [5.74, 6) is 0.762. The zero-order valence-corrected chi connectivity index (χ0v) is 12.9. The molecular formula is C15H33N3. The van der Waals surface area contributed by atoms with E-state index < -0.39 is 0 Å². The van der Waals surface area contributed by atoms with E-state index in [-0.39, 0.29) is 0 Å². The highest BCUT2D eigenvalue weighted by Gasteiger charge is 2.19. The lowest BCUT2D eigenvalue weighted by Gasteiger charge is -2.38. The molecule has 1 heterocycles. The Balaban J connectivity index is 2.10. The molecule has 1 N–H and O–H groups in total. The zero-order valence-electron chi connectivity index (χ0n) is 12.9. The molecule has 18 heavy (non-hydrogen) atoms. The van der Waals surface area contributed by atoms with Crippen molar-refractivity contribution in [1.82, 2.24) is 15.1 Å². The van der Waals surface area contributed by atoms with Gasteiger partial charge in [-0.05, 0) is 45.3 Å². The molecule has 1 unspecified atom stereocenters. The van der Waals surface area contributed by atoms with E-state index in [2.05, 4.69) is 42.8 Å². The van der Waals surface area contributed by atoms with Gasteiger partial charge in [-0.25, -0.2) is 0 Å². The molecule has 0 bridgehead atoms. The van der Waals surface area contributed by atoms with Crippen LogP contribution in [0.3, 0.4) is 0 Å². The van der Waals surface area contributed by atoms with Gasteiger partial charge in [-0.2, -0.15) is 0 Å². The largest absolute Gasteiger partial charge is 0.316 e. The maximum atomic E-state index is 3.55. The molecule has 0 spiro atoms. The molecule has 0 amide bonds. The Hall–Kier alpha value is -0.120. The van der Waals surface area contributed by atoms with E-state index in [0.29, 0.717) is 0 Å². The quantitative estimate of drug-likeness (QED) is 0.670. The molecule has 0 aliphatic carbocycles. The first-order valence-electron chi connectivity index (χ1n) is 7.80. The van der Waals surface area contributed by atoms with Crippen LogP contribution in [-0.4, -0.2) is 61.7 Å². The lowest BCUT2D eigenvalue weighted by Crippen LogP contribution is -2.50. The average molecular weight is 255 g/mol. The molecule has 108 valence electrons. The third kappa shape index (κ3) is 6.17. The number of nitrogens with one attached hydrogen (secondary N) is 1.